The molecule has 0 aromatic carbocycles. The number of phosphoric ester groups is 1. The smallest absolute Gasteiger partial charge is 0.394 e. The van der Waals surface area contributed by atoms with Gasteiger partial charge in [0.1, 0.15) is 36.6 Å². The lowest BCUT2D eigenvalue weighted by molar-refractivity contribution is -0.134. The van der Waals surface area contributed by atoms with Crippen molar-refractivity contribution in [1.82, 2.24) is 9.55 Å². The van der Waals surface area contributed by atoms with Gasteiger partial charge in [-0.2, -0.15) is 4.31 Å². The summed E-state index contributed by atoms with van der Waals surface area (Å²) in [4.78, 5) is 60.5. The van der Waals surface area contributed by atoms with E-state index in [1.165, 1.54) is 0 Å². The van der Waals surface area contributed by atoms with E-state index in [9.17, 15) is 43.9 Å². The fraction of sp³-hybridized carbons (Fsp3) is 0.667. The number of hydrogen-bond acceptors (Lipinski definition) is 15. The van der Waals surface area contributed by atoms with E-state index in [1.54, 1.807) is 0 Å². The molecule has 0 saturated carbocycles. The average molecular weight is 584 g/mol. The van der Waals surface area contributed by atoms with Crippen molar-refractivity contribution >= 4 is 21.9 Å². The molecule has 0 bridgehead atoms. The van der Waals surface area contributed by atoms with Crippen LogP contribution in [0.2, 0.25) is 0 Å². The van der Waals surface area contributed by atoms with Crippen molar-refractivity contribution in [2.45, 2.75) is 49.0 Å². The Hall–Kier alpha value is -1.71. The van der Waals surface area contributed by atoms with E-state index in [1.807, 2.05) is 4.98 Å². The van der Waals surface area contributed by atoms with Gasteiger partial charge in [0.25, 0.3) is 5.56 Å². The molecule has 1 aromatic rings. The van der Waals surface area contributed by atoms with Gasteiger partial charge >= 0.3 is 21.3 Å². The summed E-state index contributed by atoms with van der Waals surface area (Å²) in [6.07, 6.45) is -12.4. The topological polar surface area (TPSA) is 336 Å². The van der Waals surface area contributed by atoms with E-state index in [0.717, 1.165) is 16.8 Å². The first-order chi connectivity index (χ1) is 17.0. The summed E-state index contributed by atoms with van der Waals surface area (Å²) in [7, 11) is -10.8. The van der Waals surface area contributed by atoms with Crippen molar-refractivity contribution in [1.29, 1.82) is 0 Å². The van der Waals surface area contributed by atoms with Gasteiger partial charge in [0, 0.05) is 12.3 Å². The lowest BCUT2D eigenvalue weighted by atomic mass is 10.0. The molecule has 37 heavy (non-hydrogen) atoms. The third-order valence-corrected chi connectivity index (χ3v) is 6.70. The van der Waals surface area contributed by atoms with Gasteiger partial charge in [-0.25, -0.2) is 13.9 Å². The van der Waals surface area contributed by atoms with Crippen molar-refractivity contribution in [3.8, 4) is 0 Å². The van der Waals surface area contributed by atoms with Gasteiger partial charge in [0.2, 0.25) is 0 Å². The number of H-pyrrole nitrogens is 1. The van der Waals surface area contributed by atoms with Crippen LogP contribution in [0.15, 0.2) is 21.9 Å². The molecule has 1 saturated heterocycles. The lowest BCUT2D eigenvalue weighted by Gasteiger charge is -2.26. The van der Waals surface area contributed by atoms with Gasteiger partial charge in [-0.05, 0) is 0 Å². The average Bonchev–Trinajstić information content (AvgIpc) is 3.08. The third kappa shape index (κ3) is 9.84. The second-order valence-electron chi connectivity index (χ2n) is 7.22. The van der Waals surface area contributed by atoms with Crippen molar-refractivity contribution < 1.29 is 77.9 Å². The number of nitrogens with zero attached hydrogens (tertiary/aromatic N) is 1. The molecule has 9 atom stereocenters. The summed E-state index contributed by atoms with van der Waals surface area (Å²) in [6, 6.07) is 1.09. The Balaban J connectivity index is 0.000000373. The zero-order chi connectivity index (χ0) is 28.7. The Morgan fingerprint density at radius 1 is 1.08 bits per heavy atom. The molecule has 20 nitrogen and oxygen atoms in total. The molecule has 1 aromatic heterocycles. The van der Waals surface area contributed by atoms with Crippen molar-refractivity contribution in [3.63, 3.8) is 0 Å². The second-order valence-corrected chi connectivity index (χ2v) is 10.0. The van der Waals surface area contributed by atoms with Crippen LogP contribution < -0.4 is 11.2 Å². The first-order valence-corrected chi connectivity index (χ1v) is 12.8. The van der Waals surface area contributed by atoms with E-state index in [4.69, 9.17) is 34.7 Å². The highest BCUT2D eigenvalue weighted by atomic mass is 31.3. The predicted octanol–water partition coefficient (Wildman–Crippen LogP) is -6.00. The maximum atomic E-state index is 11.4. The molecule has 1 aliphatic heterocycles. The van der Waals surface area contributed by atoms with E-state index in [2.05, 4.69) is 8.83 Å². The Bertz CT molecular complexity index is 1090. The van der Waals surface area contributed by atoms with Gasteiger partial charge in [0.15, 0.2) is 18.6 Å². The number of aliphatic hydroxyl groups excluding tert-OH is 7. The number of nitrogens with one attached hydrogen (secondary N) is 1. The monoisotopic (exact) mass is 584 g/mol. The van der Waals surface area contributed by atoms with Crippen LogP contribution in [0.25, 0.3) is 0 Å². The van der Waals surface area contributed by atoms with Crippen molar-refractivity contribution in [2.75, 3.05) is 13.2 Å². The summed E-state index contributed by atoms with van der Waals surface area (Å²) in [5, 5.41) is 64.2. The van der Waals surface area contributed by atoms with Crippen LogP contribution in [0.3, 0.4) is 0 Å². The standard InChI is InChI=1S/C9H12N2O6.C6H14O12P2/c12-3-4-6(14)7(15)8(17-4)11-2-1-5(13)10-9(11)16;7-1-3(9)5(10)6(11)4(2-8)17-20(15,16)18-19(12,13)14/h1-2,4,6-8,12,14-15H,3H2,(H,10,13,16);2-7,9-11H,1H2,(H,15,16)(H2,12,13,14)/t4-,6-,7-,8-;3-,4-,5-,6-/m11/s1. The highest BCUT2D eigenvalue weighted by molar-refractivity contribution is 7.60. The first kappa shape index (κ1) is 33.3. The fourth-order valence-electron chi connectivity index (χ4n) is 2.74. The molecule has 2 rings (SSSR count). The van der Waals surface area contributed by atoms with Crippen molar-refractivity contribution in [2.24, 2.45) is 0 Å². The normalized spacial score (nSPS) is 26.8. The molecule has 0 radical (unpaired) electrons. The summed E-state index contributed by atoms with van der Waals surface area (Å²) < 4.78 is 34.9. The SMILES string of the molecule is O=C[C@@H](OP(=O)(O)OP(=O)(O)O)[C@@H](O)[C@H](O)[C@H](O)CO.O=c1ccn([C@@H]2O[C@H](CO)[C@@H](O)[C@H]2O)c(=O)[nH]1. The van der Waals surface area contributed by atoms with E-state index in [-0.39, 0.29) is 6.29 Å². The van der Waals surface area contributed by atoms with Crippen LogP contribution in [0.1, 0.15) is 6.23 Å². The molecule has 1 unspecified atom stereocenters. The second kappa shape index (κ2) is 13.9. The quantitative estimate of drug-likeness (QED) is 0.0851. The molecule has 0 aliphatic carbocycles. The number of hydrogen-bond donors (Lipinski definition) is 11. The minimum Gasteiger partial charge on any atom is -0.394 e. The van der Waals surface area contributed by atoms with Crippen LogP contribution in [0, 0.1) is 0 Å². The van der Waals surface area contributed by atoms with Crippen LogP contribution in [-0.4, -0.2) is 122 Å². The zero-order valence-electron chi connectivity index (χ0n) is 18.3. The van der Waals surface area contributed by atoms with Crippen molar-refractivity contribution in [3.05, 3.63) is 33.1 Å². The molecular formula is C15H26N2O18P2. The number of carbonyl (C=O) groups is 1. The number of aldehydes is 1. The molecule has 0 spiro atoms. The van der Waals surface area contributed by atoms with Crippen LogP contribution in [0.4, 0.5) is 0 Å². The molecule has 1 aliphatic rings. The molecule has 214 valence electrons. The number of ether oxygens (including phenoxy) is 1. The number of aromatic amines is 1. The first-order valence-electron chi connectivity index (χ1n) is 9.80. The van der Waals surface area contributed by atoms with Gasteiger partial charge in [-0.15, -0.1) is 0 Å². The van der Waals surface area contributed by atoms with E-state index in [0.29, 0.717) is 0 Å². The Kier molecular flexibility index (Phi) is 12.5. The van der Waals surface area contributed by atoms with Gasteiger partial charge in [-0.1, -0.05) is 0 Å². The molecule has 1 fully saturated rings. The molecule has 22 heteroatoms. The Morgan fingerprint density at radius 2 is 1.68 bits per heavy atom. The van der Waals surface area contributed by atoms with Gasteiger partial charge < -0.3 is 60.0 Å². The maximum absolute atomic E-state index is 11.4. The Morgan fingerprint density at radius 3 is 2.11 bits per heavy atom. The Labute approximate surface area is 205 Å². The van der Waals surface area contributed by atoms with E-state index >= 15 is 0 Å². The highest BCUT2D eigenvalue weighted by Crippen LogP contribution is 2.58. The van der Waals surface area contributed by atoms with Crippen LogP contribution >= 0.6 is 15.6 Å². The fourth-order valence-corrected chi connectivity index (χ4v) is 4.45. The van der Waals surface area contributed by atoms with E-state index < -0.39 is 89.1 Å². The molecular weight excluding hydrogens is 558 g/mol. The van der Waals surface area contributed by atoms with Crippen LogP contribution in [-0.2, 0) is 27.5 Å². The largest absolute Gasteiger partial charge is 0.481 e. The maximum Gasteiger partial charge on any atom is 0.481 e. The molecule has 11 N–H and O–H groups in total. The number of aliphatic hydroxyl groups is 7. The molecule has 2 heterocycles. The highest BCUT2D eigenvalue weighted by Gasteiger charge is 2.44. The number of aromatic nitrogens is 2. The van der Waals surface area contributed by atoms with Gasteiger partial charge in [-0.3, -0.25) is 18.9 Å². The minimum atomic E-state index is -5.43. The summed E-state index contributed by atoms with van der Waals surface area (Å²) in [5.74, 6) is 0. The third-order valence-electron chi connectivity index (χ3n) is 4.51. The number of phosphoric acid groups is 2. The zero-order valence-corrected chi connectivity index (χ0v) is 20.1. The van der Waals surface area contributed by atoms with Gasteiger partial charge in [0.05, 0.1) is 13.2 Å². The summed E-state index contributed by atoms with van der Waals surface area (Å²) in [6.45, 7) is -1.48. The predicted molar refractivity (Wildman–Crippen MR) is 113 cm³/mol. The summed E-state index contributed by atoms with van der Waals surface area (Å²) >= 11 is 0. The minimum absolute atomic E-state index is 0.274. The van der Waals surface area contributed by atoms with Crippen LogP contribution in [0.5, 0.6) is 0 Å². The summed E-state index contributed by atoms with van der Waals surface area (Å²) in [5.41, 5.74) is -1.33. The number of carbonyl (C=O) groups excluding carboxylic acids is 1. The lowest BCUT2D eigenvalue weighted by Crippen LogP contribution is -2.47. The molecule has 0 amide bonds. The number of rotatable bonds is 11.